The van der Waals surface area contributed by atoms with Crippen LogP contribution in [0.2, 0.25) is 0 Å². The molecule has 1 aromatic carbocycles. The largest absolute Gasteiger partial charge is 0.376 e. The zero-order chi connectivity index (χ0) is 13.1. The summed E-state index contributed by atoms with van der Waals surface area (Å²) in [6.45, 7) is 2.59. The van der Waals surface area contributed by atoms with E-state index in [2.05, 4.69) is 34.5 Å². The Bertz CT molecular complexity index is 661. The Morgan fingerprint density at radius 3 is 3.00 bits per heavy atom. The highest BCUT2D eigenvalue weighted by molar-refractivity contribution is 7.13. The third kappa shape index (κ3) is 2.82. The molecular weight excluding hydrogens is 258 g/mol. The van der Waals surface area contributed by atoms with Crippen LogP contribution in [-0.2, 0) is 6.54 Å². The minimum Gasteiger partial charge on any atom is -0.376 e. The molecule has 4 nitrogen and oxygen atoms in total. The van der Waals surface area contributed by atoms with Crippen LogP contribution >= 0.6 is 11.3 Å². The third-order valence-corrected chi connectivity index (χ3v) is 3.54. The molecule has 0 atom stereocenters. The van der Waals surface area contributed by atoms with Gasteiger partial charge in [-0.1, -0.05) is 23.4 Å². The lowest BCUT2D eigenvalue weighted by molar-refractivity contribution is 0.384. The van der Waals surface area contributed by atoms with Gasteiger partial charge < -0.3 is 9.84 Å². The second-order valence-electron chi connectivity index (χ2n) is 4.21. The number of rotatable bonds is 4. The summed E-state index contributed by atoms with van der Waals surface area (Å²) in [5, 5.41) is 9.24. The SMILES string of the molecule is Cc1cccc(NCc2nc(-c3cccs3)no2)c1. The first kappa shape index (κ1) is 11.9. The zero-order valence-corrected chi connectivity index (χ0v) is 11.3. The van der Waals surface area contributed by atoms with Gasteiger partial charge in [0.15, 0.2) is 0 Å². The molecule has 0 saturated heterocycles. The van der Waals surface area contributed by atoms with Crippen molar-refractivity contribution in [1.82, 2.24) is 10.1 Å². The van der Waals surface area contributed by atoms with Crippen LogP contribution in [0, 0.1) is 6.92 Å². The summed E-state index contributed by atoms with van der Waals surface area (Å²) >= 11 is 1.60. The average Bonchev–Trinajstić information content (AvgIpc) is 3.07. The van der Waals surface area contributed by atoms with E-state index in [0.717, 1.165) is 10.6 Å². The molecule has 0 aliphatic heterocycles. The van der Waals surface area contributed by atoms with Gasteiger partial charge in [0.25, 0.3) is 0 Å². The van der Waals surface area contributed by atoms with Crippen LogP contribution in [0.1, 0.15) is 11.5 Å². The fourth-order valence-electron chi connectivity index (χ4n) is 1.77. The summed E-state index contributed by atoms with van der Waals surface area (Å²) in [6.07, 6.45) is 0. The van der Waals surface area contributed by atoms with Crippen LogP contribution in [0.3, 0.4) is 0 Å². The molecule has 0 spiro atoms. The number of aromatic nitrogens is 2. The molecule has 3 rings (SSSR count). The first-order chi connectivity index (χ1) is 9.31. The van der Waals surface area contributed by atoms with E-state index in [1.165, 1.54) is 5.56 Å². The maximum absolute atomic E-state index is 5.22. The normalized spacial score (nSPS) is 10.6. The number of nitrogens with zero attached hydrogens (tertiary/aromatic N) is 2. The molecule has 0 amide bonds. The van der Waals surface area contributed by atoms with Crippen LogP contribution < -0.4 is 5.32 Å². The van der Waals surface area contributed by atoms with Crippen molar-refractivity contribution < 1.29 is 4.52 Å². The summed E-state index contributed by atoms with van der Waals surface area (Å²) in [5.41, 5.74) is 2.27. The second kappa shape index (κ2) is 5.24. The molecule has 0 saturated carbocycles. The molecule has 19 heavy (non-hydrogen) atoms. The van der Waals surface area contributed by atoms with Gasteiger partial charge in [-0.2, -0.15) is 4.98 Å². The molecule has 0 aliphatic rings. The van der Waals surface area contributed by atoms with Crippen molar-refractivity contribution in [3.8, 4) is 10.7 Å². The minimum atomic E-state index is 0.530. The molecule has 0 bridgehead atoms. The first-order valence-electron chi connectivity index (χ1n) is 5.98. The van der Waals surface area contributed by atoms with Gasteiger partial charge in [-0.3, -0.25) is 0 Å². The average molecular weight is 271 g/mol. The van der Waals surface area contributed by atoms with Crippen molar-refractivity contribution in [1.29, 1.82) is 0 Å². The topological polar surface area (TPSA) is 51.0 Å². The van der Waals surface area contributed by atoms with Crippen molar-refractivity contribution in [2.24, 2.45) is 0 Å². The highest BCUT2D eigenvalue weighted by Crippen LogP contribution is 2.21. The summed E-state index contributed by atoms with van der Waals surface area (Å²) in [7, 11) is 0. The van der Waals surface area contributed by atoms with Gasteiger partial charge >= 0.3 is 0 Å². The van der Waals surface area contributed by atoms with Crippen molar-refractivity contribution in [2.75, 3.05) is 5.32 Å². The molecule has 0 aliphatic carbocycles. The van der Waals surface area contributed by atoms with Gasteiger partial charge in [0.1, 0.15) is 0 Å². The molecule has 0 fully saturated rings. The van der Waals surface area contributed by atoms with E-state index >= 15 is 0 Å². The molecule has 1 N–H and O–H groups in total. The smallest absolute Gasteiger partial charge is 0.246 e. The molecule has 2 aromatic heterocycles. The quantitative estimate of drug-likeness (QED) is 0.785. The van der Waals surface area contributed by atoms with Gasteiger partial charge in [0.2, 0.25) is 11.7 Å². The number of hydrogen-bond donors (Lipinski definition) is 1. The van der Waals surface area contributed by atoms with E-state index in [4.69, 9.17) is 4.52 Å². The fourth-order valence-corrected chi connectivity index (χ4v) is 2.41. The predicted octanol–water partition coefficient (Wildman–Crippen LogP) is 3.72. The van der Waals surface area contributed by atoms with Crippen LogP contribution in [-0.4, -0.2) is 10.1 Å². The molecule has 5 heteroatoms. The van der Waals surface area contributed by atoms with Crippen LogP contribution in [0.15, 0.2) is 46.3 Å². The third-order valence-electron chi connectivity index (χ3n) is 2.67. The Morgan fingerprint density at radius 2 is 2.21 bits per heavy atom. The fraction of sp³-hybridized carbons (Fsp3) is 0.143. The van der Waals surface area contributed by atoms with Gasteiger partial charge in [0.05, 0.1) is 11.4 Å². The molecule has 0 unspecified atom stereocenters. The van der Waals surface area contributed by atoms with Crippen molar-refractivity contribution in [3.05, 3.63) is 53.2 Å². The van der Waals surface area contributed by atoms with E-state index in [9.17, 15) is 0 Å². The molecule has 2 heterocycles. The number of aryl methyl sites for hydroxylation is 1. The lowest BCUT2D eigenvalue weighted by Crippen LogP contribution is -1.99. The van der Waals surface area contributed by atoms with Gasteiger partial charge in [-0.05, 0) is 36.1 Å². The summed E-state index contributed by atoms with van der Waals surface area (Å²) in [4.78, 5) is 5.38. The summed E-state index contributed by atoms with van der Waals surface area (Å²) in [5.74, 6) is 1.24. The number of anilines is 1. The number of hydrogen-bond acceptors (Lipinski definition) is 5. The Morgan fingerprint density at radius 1 is 1.26 bits per heavy atom. The van der Waals surface area contributed by atoms with Gasteiger partial charge in [-0.25, -0.2) is 0 Å². The van der Waals surface area contributed by atoms with Crippen LogP contribution in [0.5, 0.6) is 0 Å². The maximum atomic E-state index is 5.22. The number of thiophene rings is 1. The number of benzene rings is 1. The van der Waals surface area contributed by atoms with E-state index < -0.39 is 0 Å². The Labute approximate surface area is 115 Å². The van der Waals surface area contributed by atoms with Crippen molar-refractivity contribution in [3.63, 3.8) is 0 Å². The van der Waals surface area contributed by atoms with E-state index in [1.807, 2.05) is 29.6 Å². The predicted molar refractivity (Wildman–Crippen MR) is 76.1 cm³/mol. The number of nitrogens with one attached hydrogen (secondary N) is 1. The lowest BCUT2D eigenvalue weighted by atomic mass is 10.2. The highest BCUT2D eigenvalue weighted by atomic mass is 32.1. The van der Waals surface area contributed by atoms with Gasteiger partial charge in [0, 0.05) is 5.69 Å². The first-order valence-corrected chi connectivity index (χ1v) is 6.86. The molecule has 3 aromatic rings. The summed E-state index contributed by atoms with van der Waals surface area (Å²) in [6, 6.07) is 12.1. The lowest BCUT2D eigenvalue weighted by Gasteiger charge is -2.03. The standard InChI is InChI=1S/C14H13N3OS/c1-10-4-2-5-11(8-10)15-9-13-16-14(17-18-13)12-6-3-7-19-12/h2-8,15H,9H2,1H3. The van der Waals surface area contributed by atoms with E-state index in [-0.39, 0.29) is 0 Å². The Kier molecular flexibility index (Phi) is 3.29. The van der Waals surface area contributed by atoms with E-state index in [1.54, 1.807) is 11.3 Å². The monoisotopic (exact) mass is 271 g/mol. The molecule has 0 radical (unpaired) electrons. The maximum Gasteiger partial charge on any atom is 0.246 e. The van der Waals surface area contributed by atoms with Crippen LogP contribution in [0.4, 0.5) is 5.69 Å². The van der Waals surface area contributed by atoms with E-state index in [0.29, 0.717) is 18.3 Å². The second-order valence-corrected chi connectivity index (χ2v) is 5.16. The Hall–Kier alpha value is -2.14. The zero-order valence-electron chi connectivity index (χ0n) is 10.5. The van der Waals surface area contributed by atoms with Crippen LogP contribution in [0.25, 0.3) is 10.7 Å². The minimum absolute atomic E-state index is 0.530. The molecular formula is C14H13N3OS. The highest BCUT2D eigenvalue weighted by Gasteiger charge is 2.08. The Balaban J connectivity index is 1.68. The van der Waals surface area contributed by atoms with Gasteiger partial charge in [-0.15, -0.1) is 11.3 Å². The molecule has 96 valence electrons. The summed E-state index contributed by atoms with van der Waals surface area (Å²) < 4.78 is 5.22. The van der Waals surface area contributed by atoms with Crippen molar-refractivity contribution >= 4 is 17.0 Å². The van der Waals surface area contributed by atoms with Crippen molar-refractivity contribution in [2.45, 2.75) is 13.5 Å².